The predicted molar refractivity (Wildman–Crippen MR) is 88.8 cm³/mol. The number of amides is 1. The van der Waals surface area contributed by atoms with Gasteiger partial charge in [0.05, 0.1) is 35.8 Å². The number of ether oxygens (including phenoxy) is 1. The minimum atomic E-state index is -0.435. The lowest BCUT2D eigenvalue weighted by Crippen LogP contribution is -2.41. The maximum atomic E-state index is 12.1. The van der Waals surface area contributed by atoms with Crippen molar-refractivity contribution in [1.29, 1.82) is 0 Å². The number of hydrogen-bond donors (Lipinski definition) is 1. The summed E-state index contributed by atoms with van der Waals surface area (Å²) < 4.78 is 5.23. The molecule has 0 atom stereocenters. The third-order valence-corrected chi connectivity index (χ3v) is 4.51. The van der Waals surface area contributed by atoms with E-state index >= 15 is 0 Å². The maximum Gasteiger partial charge on any atom is 0.269 e. The summed E-state index contributed by atoms with van der Waals surface area (Å²) in [7, 11) is 0. The molecule has 0 saturated carbocycles. The molecular formula is C15H16N4O4S. The summed E-state index contributed by atoms with van der Waals surface area (Å²) in [5, 5.41) is 11.3. The second-order valence-electron chi connectivity index (χ2n) is 5.19. The van der Waals surface area contributed by atoms with Gasteiger partial charge in [-0.2, -0.15) is 0 Å². The van der Waals surface area contributed by atoms with E-state index in [4.69, 9.17) is 4.74 Å². The molecule has 0 unspecified atom stereocenters. The molecular weight excluding hydrogens is 332 g/mol. The van der Waals surface area contributed by atoms with Gasteiger partial charge < -0.3 is 14.6 Å². The number of nitrogens with zero attached hydrogens (tertiary/aromatic N) is 3. The van der Waals surface area contributed by atoms with Gasteiger partial charge in [0.1, 0.15) is 0 Å². The minimum Gasteiger partial charge on any atom is -0.378 e. The third kappa shape index (κ3) is 3.92. The first kappa shape index (κ1) is 16.5. The van der Waals surface area contributed by atoms with Crippen LogP contribution in [0.1, 0.15) is 0 Å². The fraction of sp³-hybridized carbons (Fsp3) is 0.333. The van der Waals surface area contributed by atoms with E-state index in [2.05, 4.69) is 9.97 Å². The highest BCUT2D eigenvalue weighted by atomic mass is 32.2. The van der Waals surface area contributed by atoms with Gasteiger partial charge in [-0.15, -0.1) is 0 Å². The number of carbonyl (C=O) groups excluding carboxylic acids is 1. The number of non-ortho nitro benzene ring substituents is 1. The summed E-state index contributed by atoms with van der Waals surface area (Å²) in [6.45, 7) is 2.43. The Labute approximate surface area is 142 Å². The van der Waals surface area contributed by atoms with E-state index in [9.17, 15) is 14.9 Å². The first-order valence-electron chi connectivity index (χ1n) is 7.41. The van der Waals surface area contributed by atoms with E-state index < -0.39 is 4.92 Å². The number of carbonyl (C=O) groups is 1. The number of imidazole rings is 1. The zero-order chi connectivity index (χ0) is 16.9. The largest absolute Gasteiger partial charge is 0.378 e. The molecule has 9 heteroatoms. The van der Waals surface area contributed by atoms with Crippen LogP contribution in [0.2, 0.25) is 0 Å². The van der Waals surface area contributed by atoms with Crippen molar-refractivity contribution in [2.24, 2.45) is 0 Å². The van der Waals surface area contributed by atoms with Crippen LogP contribution in [0.15, 0.2) is 35.6 Å². The molecule has 1 amide bonds. The zero-order valence-corrected chi connectivity index (χ0v) is 13.6. The van der Waals surface area contributed by atoms with Gasteiger partial charge in [-0.1, -0.05) is 11.8 Å². The highest BCUT2D eigenvalue weighted by Crippen LogP contribution is 2.23. The summed E-state index contributed by atoms with van der Waals surface area (Å²) in [5.41, 5.74) is 1.61. The van der Waals surface area contributed by atoms with Crippen molar-refractivity contribution in [2.75, 3.05) is 32.1 Å². The number of hydrogen-bond acceptors (Lipinski definition) is 6. The molecule has 0 bridgehead atoms. The molecule has 1 aromatic carbocycles. The van der Waals surface area contributed by atoms with Gasteiger partial charge in [0, 0.05) is 30.8 Å². The summed E-state index contributed by atoms with van der Waals surface area (Å²) in [5.74, 6) is 0.379. The summed E-state index contributed by atoms with van der Waals surface area (Å²) in [4.78, 5) is 31.5. The predicted octanol–water partition coefficient (Wildman–Crippen LogP) is 1.94. The van der Waals surface area contributed by atoms with E-state index in [-0.39, 0.29) is 11.6 Å². The van der Waals surface area contributed by atoms with Crippen molar-refractivity contribution in [2.45, 2.75) is 5.16 Å². The van der Waals surface area contributed by atoms with Crippen molar-refractivity contribution >= 4 is 23.4 Å². The van der Waals surface area contributed by atoms with Crippen LogP contribution in [0.4, 0.5) is 5.69 Å². The Morgan fingerprint density at radius 3 is 2.71 bits per heavy atom. The average molecular weight is 348 g/mol. The van der Waals surface area contributed by atoms with Crippen LogP contribution in [0.25, 0.3) is 11.3 Å². The van der Waals surface area contributed by atoms with E-state index in [1.54, 1.807) is 23.2 Å². The van der Waals surface area contributed by atoms with Crippen LogP contribution in [0.5, 0.6) is 0 Å². The molecule has 0 spiro atoms. The number of H-pyrrole nitrogens is 1. The van der Waals surface area contributed by atoms with Crippen molar-refractivity contribution in [3.05, 3.63) is 40.6 Å². The van der Waals surface area contributed by atoms with Gasteiger partial charge in [-0.25, -0.2) is 4.98 Å². The molecule has 1 saturated heterocycles. The number of morpholine rings is 1. The topological polar surface area (TPSA) is 101 Å². The summed E-state index contributed by atoms with van der Waals surface area (Å²) in [6.07, 6.45) is 1.66. The molecule has 1 aliphatic heterocycles. The van der Waals surface area contributed by atoms with Crippen molar-refractivity contribution in [3.8, 4) is 11.3 Å². The highest BCUT2D eigenvalue weighted by Gasteiger charge is 2.17. The molecule has 1 fully saturated rings. The number of rotatable bonds is 5. The Morgan fingerprint density at radius 2 is 2.04 bits per heavy atom. The van der Waals surface area contributed by atoms with Gasteiger partial charge in [-0.05, 0) is 12.1 Å². The summed E-state index contributed by atoms with van der Waals surface area (Å²) in [6, 6.07) is 6.23. The average Bonchev–Trinajstić information content (AvgIpc) is 3.09. The molecule has 1 aliphatic rings. The first-order chi connectivity index (χ1) is 11.6. The molecule has 126 valence electrons. The lowest BCUT2D eigenvalue weighted by atomic mass is 10.1. The minimum absolute atomic E-state index is 0.0453. The van der Waals surface area contributed by atoms with E-state index in [1.807, 2.05) is 0 Å². The second-order valence-corrected chi connectivity index (χ2v) is 6.15. The Hall–Kier alpha value is -2.39. The highest BCUT2D eigenvalue weighted by molar-refractivity contribution is 7.99. The number of nitro groups is 1. The number of benzene rings is 1. The maximum absolute atomic E-state index is 12.1. The lowest BCUT2D eigenvalue weighted by Gasteiger charge is -2.26. The number of aromatic amines is 1. The lowest BCUT2D eigenvalue weighted by molar-refractivity contribution is -0.384. The molecule has 3 rings (SSSR count). The molecule has 0 radical (unpaired) electrons. The van der Waals surface area contributed by atoms with Crippen molar-refractivity contribution in [1.82, 2.24) is 14.9 Å². The van der Waals surface area contributed by atoms with Crippen LogP contribution >= 0.6 is 11.8 Å². The van der Waals surface area contributed by atoms with Crippen LogP contribution < -0.4 is 0 Å². The molecule has 2 heterocycles. The second kappa shape index (κ2) is 7.45. The van der Waals surface area contributed by atoms with Crippen molar-refractivity contribution < 1.29 is 14.5 Å². The van der Waals surface area contributed by atoms with Crippen molar-refractivity contribution in [3.63, 3.8) is 0 Å². The molecule has 1 aromatic heterocycles. The summed E-state index contributed by atoms with van der Waals surface area (Å²) >= 11 is 1.34. The Bertz CT molecular complexity index is 725. The third-order valence-electron chi connectivity index (χ3n) is 3.64. The smallest absolute Gasteiger partial charge is 0.269 e. The van der Waals surface area contributed by atoms with Gasteiger partial charge >= 0.3 is 0 Å². The molecule has 1 N–H and O–H groups in total. The molecule has 24 heavy (non-hydrogen) atoms. The fourth-order valence-electron chi connectivity index (χ4n) is 2.32. The Balaban J connectivity index is 1.58. The van der Waals surface area contributed by atoms with Gasteiger partial charge in [0.25, 0.3) is 5.69 Å². The molecule has 0 aliphatic carbocycles. The number of nitro benzene ring substituents is 1. The quantitative estimate of drug-likeness (QED) is 0.503. The number of nitrogens with one attached hydrogen (secondary N) is 1. The van der Waals surface area contributed by atoms with Crippen LogP contribution in [0.3, 0.4) is 0 Å². The number of aromatic nitrogens is 2. The monoisotopic (exact) mass is 348 g/mol. The Kier molecular flexibility index (Phi) is 5.11. The first-order valence-corrected chi connectivity index (χ1v) is 8.40. The van der Waals surface area contributed by atoms with Gasteiger partial charge in [0.15, 0.2) is 5.16 Å². The Morgan fingerprint density at radius 1 is 1.33 bits per heavy atom. The molecule has 8 nitrogen and oxygen atoms in total. The van der Waals surface area contributed by atoms with Crippen LogP contribution in [-0.2, 0) is 9.53 Å². The SMILES string of the molecule is O=C(CSc1ncc(-c2ccc([N+](=O)[O-])cc2)[nH]1)N1CCOCC1. The van der Waals surface area contributed by atoms with Gasteiger partial charge in [0.2, 0.25) is 5.91 Å². The standard InChI is InChI=1S/C15H16N4O4S/c20-14(18-5-7-23-8-6-18)10-24-15-16-9-13(17-15)11-1-3-12(4-2-11)19(21)22/h1-4,9H,5-8,10H2,(H,16,17). The van der Waals surface area contributed by atoms with E-state index in [0.717, 1.165) is 11.3 Å². The zero-order valence-electron chi connectivity index (χ0n) is 12.8. The van der Waals surface area contributed by atoms with E-state index in [1.165, 1.54) is 23.9 Å². The molecule has 2 aromatic rings. The van der Waals surface area contributed by atoms with Crippen LogP contribution in [-0.4, -0.2) is 57.8 Å². The van der Waals surface area contributed by atoms with Gasteiger partial charge in [-0.3, -0.25) is 14.9 Å². The normalized spacial score (nSPS) is 14.6. The van der Waals surface area contributed by atoms with Crippen LogP contribution in [0, 0.1) is 10.1 Å². The fourth-order valence-corrected chi connectivity index (χ4v) is 3.07. The van der Waals surface area contributed by atoms with E-state index in [0.29, 0.717) is 37.2 Å². The number of thioether (sulfide) groups is 1.